The van der Waals surface area contributed by atoms with Crippen molar-refractivity contribution in [1.82, 2.24) is 4.98 Å². The molecule has 0 spiro atoms. The van der Waals surface area contributed by atoms with Crippen molar-refractivity contribution in [3.05, 3.63) is 52.8 Å². The first kappa shape index (κ1) is 15.8. The van der Waals surface area contributed by atoms with Gasteiger partial charge in [-0.15, -0.1) is 0 Å². The molecule has 2 rings (SSSR count). The SMILES string of the molecule is O=S(=O)(Nc1ccc(Br)c(C(F)(F)F)c1)c1cccnc1. The molecule has 1 heterocycles. The molecule has 0 saturated carbocycles. The number of pyridine rings is 1. The fraction of sp³-hybridized carbons (Fsp3) is 0.0833. The monoisotopic (exact) mass is 380 g/mol. The number of nitrogens with one attached hydrogen (secondary N) is 1. The van der Waals surface area contributed by atoms with Gasteiger partial charge < -0.3 is 0 Å². The van der Waals surface area contributed by atoms with Crippen molar-refractivity contribution in [1.29, 1.82) is 0 Å². The molecule has 0 atom stereocenters. The number of benzene rings is 1. The van der Waals surface area contributed by atoms with Gasteiger partial charge in [0.1, 0.15) is 4.90 Å². The van der Waals surface area contributed by atoms with Gasteiger partial charge in [-0.1, -0.05) is 15.9 Å². The molecule has 0 aliphatic rings. The average Bonchev–Trinajstić information content (AvgIpc) is 2.40. The molecule has 0 fully saturated rings. The predicted octanol–water partition coefficient (Wildman–Crippen LogP) is 3.66. The first-order valence-corrected chi connectivity index (χ1v) is 7.77. The highest BCUT2D eigenvalue weighted by Gasteiger charge is 2.33. The van der Waals surface area contributed by atoms with Gasteiger partial charge in [0, 0.05) is 22.6 Å². The molecule has 1 aromatic carbocycles. The Morgan fingerprint density at radius 1 is 1.19 bits per heavy atom. The summed E-state index contributed by atoms with van der Waals surface area (Å²) in [5, 5.41) is 0. The number of alkyl halides is 3. The number of hydrogen-bond donors (Lipinski definition) is 1. The van der Waals surface area contributed by atoms with Crippen LogP contribution in [0.2, 0.25) is 0 Å². The van der Waals surface area contributed by atoms with Crippen LogP contribution in [-0.4, -0.2) is 13.4 Å². The number of hydrogen-bond acceptors (Lipinski definition) is 3. The molecule has 0 aliphatic carbocycles. The van der Waals surface area contributed by atoms with Crippen molar-refractivity contribution in [3.63, 3.8) is 0 Å². The summed E-state index contributed by atoms with van der Waals surface area (Å²) >= 11 is 2.78. The van der Waals surface area contributed by atoms with E-state index < -0.39 is 21.8 Å². The van der Waals surface area contributed by atoms with Gasteiger partial charge in [0.25, 0.3) is 10.0 Å². The van der Waals surface area contributed by atoms with Crippen molar-refractivity contribution < 1.29 is 21.6 Å². The molecule has 0 amide bonds. The summed E-state index contributed by atoms with van der Waals surface area (Å²) < 4.78 is 64.2. The fourth-order valence-electron chi connectivity index (χ4n) is 1.53. The van der Waals surface area contributed by atoms with Gasteiger partial charge in [-0.2, -0.15) is 13.2 Å². The maximum Gasteiger partial charge on any atom is 0.417 e. The molecule has 1 N–H and O–H groups in total. The molecule has 0 bridgehead atoms. The normalized spacial score (nSPS) is 12.2. The maximum absolute atomic E-state index is 12.8. The van der Waals surface area contributed by atoms with Crippen molar-refractivity contribution in [2.45, 2.75) is 11.1 Å². The first-order valence-electron chi connectivity index (χ1n) is 5.50. The lowest BCUT2D eigenvalue weighted by molar-refractivity contribution is -0.138. The van der Waals surface area contributed by atoms with Crippen LogP contribution < -0.4 is 4.72 Å². The molecular formula is C12H8BrF3N2O2S. The van der Waals surface area contributed by atoms with Crippen LogP contribution >= 0.6 is 15.9 Å². The van der Waals surface area contributed by atoms with Crippen LogP contribution in [0, 0.1) is 0 Å². The van der Waals surface area contributed by atoms with Crippen LogP contribution in [0.1, 0.15) is 5.56 Å². The number of halogens is 4. The van der Waals surface area contributed by atoms with E-state index in [1.54, 1.807) is 0 Å². The molecule has 1 aromatic heterocycles. The second-order valence-electron chi connectivity index (χ2n) is 3.99. The molecule has 112 valence electrons. The van der Waals surface area contributed by atoms with Crippen molar-refractivity contribution in [2.24, 2.45) is 0 Å². The Balaban J connectivity index is 2.37. The third-order valence-electron chi connectivity index (χ3n) is 2.47. The van der Waals surface area contributed by atoms with E-state index in [1.807, 2.05) is 0 Å². The maximum atomic E-state index is 12.8. The van der Waals surface area contributed by atoms with E-state index in [-0.39, 0.29) is 15.1 Å². The third-order valence-corrected chi connectivity index (χ3v) is 4.53. The standard InChI is InChI=1S/C12H8BrF3N2O2S/c13-11-4-3-8(6-10(11)12(14,15)16)18-21(19,20)9-2-1-5-17-7-9/h1-7,18H. The van der Waals surface area contributed by atoms with Gasteiger partial charge in [-0.05, 0) is 30.3 Å². The van der Waals surface area contributed by atoms with Crippen LogP contribution in [-0.2, 0) is 16.2 Å². The summed E-state index contributed by atoms with van der Waals surface area (Å²) in [4.78, 5) is 3.52. The summed E-state index contributed by atoms with van der Waals surface area (Å²) in [6.07, 6.45) is -2.10. The Labute approximate surface area is 127 Å². The molecule has 4 nitrogen and oxygen atoms in total. The van der Waals surface area contributed by atoms with E-state index in [0.717, 1.165) is 18.3 Å². The largest absolute Gasteiger partial charge is 0.417 e. The van der Waals surface area contributed by atoms with E-state index >= 15 is 0 Å². The second-order valence-corrected chi connectivity index (χ2v) is 6.52. The van der Waals surface area contributed by atoms with Gasteiger partial charge in [-0.25, -0.2) is 8.42 Å². The highest BCUT2D eigenvalue weighted by molar-refractivity contribution is 9.10. The van der Waals surface area contributed by atoms with Crippen LogP contribution in [0.15, 0.2) is 52.1 Å². The van der Waals surface area contributed by atoms with Gasteiger partial charge in [0.2, 0.25) is 0 Å². The molecule has 0 radical (unpaired) electrons. The summed E-state index contributed by atoms with van der Waals surface area (Å²) in [6, 6.07) is 5.78. The molecular weight excluding hydrogens is 373 g/mol. The summed E-state index contributed by atoms with van der Waals surface area (Å²) in [6.45, 7) is 0. The van der Waals surface area contributed by atoms with Crippen molar-refractivity contribution >= 4 is 31.6 Å². The lowest BCUT2D eigenvalue weighted by atomic mass is 10.2. The molecule has 21 heavy (non-hydrogen) atoms. The minimum absolute atomic E-state index is 0.138. The molecule has 2 aromatic rings. The van der Waals surface area contributed by atoms with E-state index in [1.165, 1.54) is 24.4 Å². The average molecular weight is 381 g/mol. The van der Waals surface area contributed by atoms with E-state index in [9.17, 15) is 21.6 Å². The second kappa shape index (κ2) is 5.64. The highest BCUT2D eigenvalue weighted by Crippen LogP contribution is 2.36. The Hall–Kier alpha value is -1.61. The fourth-order valence-corrected chi connectivity index (χ4v) is 3.01. The topological polar surface area (TPSA) is 59.1 Å². The van der Waals surface area contributed by atoms with Crippen LogP contribution in [0.25, 0.3) is 0 Å². The Morgan fingerprint density at radius 3 is 2.48 bits per heavy atom. The zero-order valence-electron chi connectivity index (χ0n) is 10.2. The van der Waals surface area contributed by atoms with E-state index in [0.29, 0.717) is 0 Å². The number of rotatable bonds is 3. The molecule has 0 saturated heterocycles. The highest BCUT2D eigenvalue weighted by atomic mass is 79.9. The zero-order chi connectivity index (χ0) is 15.7. The Kier molecular flexibility index (Phi) is 4.24. The van der Waals surface area contributed by atoms with Crippen molar-refractivity contribution in [2.75, 3.05) is 4.72 Å². The van der Waals surface area contributed by atoms with Crippen LogP contribution in [0.3, 0.4) is 0 Å². The first-order chi connectivity index (χ1) is 9.70. The van der Waals surface area contributed by atoms with E-state index in [4.69, 9.17) is 0 Å². The number of aromatic nitrogens is 1. The van der Waals surface area contributed by atoms with Crippen LogP contribution in [0.4, 0.5) is 18.9 Å². The summed E-state index contributed by atoms with van der Waals surface area (Å²) in [5.74, 6) is 0. The number of anilines is 1. The molecule has 0 aliphatic heterocycles. The number of nitrogens with zero attached hydrogens (tertiary/aromatic N) is 1. The summed E-state index contributed by atoms with van der Waals surface area (Å²) in [5.41, 5.74) is -1.15. The lowest BCUT2D eigenvalue weighted by Gasteiger charge is -2.12. The number of sulfonamides is 1. The van der Waals surface area contributed by atoms with E-state index in [2.05, 4.69) is 25.6 Å². The molecule has 9 heteroatoms. The van der Waals surface area contributed by atoms with Crippen molar-refractivity contribution in [3.8, 4) is 0 Å². The van der Waals surface area contributed by atoms with Gasteiger partial charge in [-0.3, -0.25) is 9.71 Å². The molecule has 0 unspecified atom stereocenters. The lowest BCUT2D eigenvalue weighted by Crippen LogP contribution is -2.14. The summed E-state index contributed by atoms with van der Waals surface area (Å²) in [7, 11) is -3.98. The minimum Gasteiger partial charge on any atom is -0.280 e. The predicted molar refractivity (Wildman–Crippen MR) is 74.2 cm³/mol. The quantitative estimate of drug-likeness (QED) is 0.883. The third kappa shape index (κ3) is 3.73. The Bertz CT molecular complexity index is 749. The smallest absolute Gasteiger partial charge is 0.280 e. The van der Waals surface area contributed by atoms with Gasteiger partial charge in [0.15, 0.2) is 0 Å². The van der Waals surface area contributed by atoms with Gasteiger partial charge in [0.05, 0.1) is 5.56 Å². The Morgan fingerprint density at radius 2 is 1.90 bits per heavy atom. The zero-order valence-corrected chi connectivity index (χ0v) is 12.6. The van der Waals surface area contributed by atoms with Crippen LogP contribution in [0.5, 0.6) is 0 Å². The minimum atomic E-state index is -4.59. The van der Waals surface area contributed by atoms with Gasteiger partial charge >= 0.3 is 6.18 Å².